The molecule has 5 nitrogen and oxygen atoms in total. The van der Waals surface area contributed by atoms with Gasteiger partial charge in [0.15, 0.2) is 0 Å². The van der Waals surface area contributed by atoms with E-state index >= 15 is 0 Å². The molecule has 1 aromatic carbocycles. The standard InChI is InChI=1S/C17H19FN4O/c18-15-4-1-5-16(11-15)21-7-9-22(10-8-21)17(23)20-13-14-3-2-6-19-12-14/h1-6,11-12H,7-10,13H2,(H,20,23). The third kappa shape index (κ3) is 3.97. The minimum Gasteiger partial charge on any atom is -0.368 e. The third-order valence-electron chi connectivity index (χ3n) is 3.91. The number of benzene rings is 1. The van der Waals surface area contributed by atoms with Gasteiger partial charge < -0.3 is 15.1 Å². The summed E-state index contributed by atoms with van der Waals surface area (Å²) in [5, 5.41) is 2.90. The van der Waals surface area contributed by atoms with E-state index in [0.29, 0.717) is 32.7 Å². The van der Waals surface area contributed by atoms with Crippen molar-refractivity contribution in [1.29, 1.82) is 0 Å². The first-order valence-electron chi connectivity index (χ1n) is 7.64. The van der Waals surface area contributed by atoms with E-state index in [2.05, 4.69) is 15.2 Å². The van der Waals surface area contributed by atoms with Crippen LogP contribution < -0.4 is 10.2 Å². The molecule has 0 spiro atoms. The largest absolute Gasteiger partial charge is 0.368 e. The zero-order chi connectivity index (χ0) is 16.1. The maximum atomic E-state index is 13.3. The minimum absolute atomic E-state index is 0.0762. The molecule has 2 heterocycles. The molecule has 1 aliphatic heterocycles. The number of halogens is 1. The number of nitrogens with one attached hydrogen (secondary N) is 1. The van der Waals surface area contributed by atoms with Crippen LogP contribution in [0.3, 0.4) is 0 Å². The van der Waals surface area contributed by atoms with Crippen molar-refractivity contribution in [2.45, 2.75) is 6.54 Å². The molecule has 23 heavy (non-hydrogen) atoms. The Balaban J connectivity index is 1.49. The number of aromatic nitrogens is 1. The van der Waals surface area contributed by atoms with Gasteiger partial charge in [-0.15, -0.1) is 0 Å². The molecule has 1 N–H and O–H groups in total. The fraction of sp³-hybridized carbons (Fsp3) is 0.294. The number of hydrogen-bond donors (Lipinski definition) is 1. The first kappa shape index (κ1) is 15.3. The van der Waals surface area contributed by atoms with E-state index in [4.69, 9.17) is 0 Å². The van der Waals surface area contributed by atoms with Gasteiger partial charge in [-0.05, 0) is 29.8 Å². The third-order valence-corrected chi connectivity index (χ3v) is 3.91. The molecule has 6 heteroatoms. The molecule has 2 amide bonds. The molecule has 0 atom stereocenters. The fourth-order valence-corrected chi connectivity index (χ4v) is 2.63. The van der Waals surface area contributed by atoms with Crippen molar-refractivity contribution in [3.63, 3.8) is 0 Å². The van der Waals surface area contributed by atoms with E-state index in [-0.39, 0.29) is 11.8 Å². The van der Waals surface area contributed by atoms with E-state index in [9.17, 15) is 9.18 Å². The first-order valence-corrected chi connectivity index (χ1v) is 7.64. The molecule has 0 saturated carbocycles. The van der Waals surface area contributed by atoms with Gasteiger partial charge in [-0.3, -0.25) is 4.98 Å². The van der Waals surface area contributed by atoms with Crippen LogP contribution in [0.25, 0.3) is 0 Å². The highest BCUT2D eigenvalue weighted by Gasteiger charge is 2.21. The normalized spacial score (nSPS) is 14.7. The molecule has 0 unspecified atom stereocenters. The number of pyridine rings is 1. The topological polar surface area (TPSA) is 48.5 Å². The monoisotopic (exact) mass is 314 g/mol. The van der Waals surface area contributed by atoms with Crippen LogP contribution in [0.15, 0.2) is 48.8 Å². The highest BCUT2D eigenvalue weighted by Crippen LogP contribution is 2.17. The lowest BCUT2D eigenvalue weighted by molar-refractivity contribution is 0.194. The molecule has 3 rings (SSSR count). The lowest BCUT2D eigenvalue weighted by Gasteiger charge is -2.36. The zero-order valence-corrected chi connectivity index (χ0v) is 12.8. The highest BCUT2D eigenvalue weighted by atomic mass is 19.1. The van der Waals surface area contributed by atoms with E-state index < -0.39 is 0 Å². The molecular formula is C17H19FN4O. The number of anilines is 1. The lowest BCUT2D eigenvalue weighted by Crippen LogP contribution is -2.51. The van der Waals surface area contributed by atoms with Crippen molar-refractivity contribution >= 4 is 11.7 Å². The minimum atomic E-state index is -0.237. The summed E-state index contributed by atoms with van der Waals surface area (Å²) in [4.78, 5) is 20.1. The zero-order valence-electron chi connectivity index (χ0n) is 12.8. The van der Waals surface area contributed by atoms with Crippen molar-refractivity contribution in [1.82, 2.24) is 15.2 Å². The molecule has 1 fully saturated rings. The summed E-state index contributed by atoms with van der Waals surface area (Å²) in [6.45, 7) is 3.11. The number of nitrogens with zero attached hydrogens (tertiary/aromatic N) is 3. The van der Waals surface area contributed by atoms with Gasteiger partial charge in [-0.1, -0.05) is 12.1 Å². The molecule has 1 aromatic heterocycles. The Bertz CT molecular complexity index is 657. The molecule has 120 valence electrons. The SMILES string of the molecule is O=C(NCc1cccnc1)N1CCN(c2cccc(F)c2)CC1. The summed E-state index contributed by atoms with van der Waals surface area (Å²) in [5.74, 6) is -0.237. The van der Waals surface area contributed by atoms with Gasteiger partial charge in [0.2, 0.25) is 0 Å². The number of amides is 2. The molecule has 0 radical (unpaired) electrons. The maximum Gasteiger partial charge on any atom is 0.317 e. The van der Waals surface area contributed by atoms with E-state index in [1.807, 2.05) is 18.2 Å². The summed E-state index contributed by atoms with van der Waals surface area (Å²) in [7, 11) is 0. The van der Waals surface area contributed by atoms with Crippen LogP contribution in [-0.4, -0.2) is 42.1 Å². The number of urea groups is 1. The van der Waals surface area contributed by atoms with Gasteiger partial charge in [0.1, 0.15) is 5.82 Å². The van der Waals surface area contributed by atoms with Crippen molar-refractivity contribution < 1.29 is 9.18 Å². The first-order chi connectivity index (χ1) is 11.2. The summed E-state index contributed by atoms with van der Waals surface area (Å²) >= 11 is 0. The van der Waals surface area contributed by atoms with Gasteiger partial charge in [0, 0.05) is 50.8 Å². The van der Waals surface area contributed by atoms with Crippen molar-refractivity contribution in [3.8, 4) is 0 Å². The second kappa shape index (κ2) is 7.09. The summed E-state index contributed by atoms with van der Waals surface area (Å²) in [5.41, 5.74) is 1.83. The predicted octanol–water partition coefficient (Wildman–Crippen LogP) is 2.25. The molecule has 0 aliphatic carbocycles. The van der Waals surface area contributed by atoms with Crippen molar-refractivity contribution in [2.24, 2.45) is 0 Å². The number of carbonyl (C=O) groups excluding carboxylic acids is 1. The van der Waals surface area contributed by atoms with Crippen LogP contribution in [0.5, 0.6) is 0 Å². The Kier molecular flexibility index (Phi) is 4.71. The molecule has 0 bridgehead atoms. The van der Waals surface area contributed by atoms with Crippen LogP contribution in [0.2, 0.25) is 0 Å². The molecule has 1 aliphatic rings. The van der Waals surface area contributed by atoms with E-state index in [1.54, 1.807) is 23.4 Å². The average Bonchev–Trinajstić information content (AvgIpc) is 2.61. The number of carbonyl (C=O) groups is 1. The Labute approximate surface area is 134 Å². The smallest absolute Gasteiger partial charge is 0.317 e. The van der Waals surface area contributed by atoms with Crippen molar-refractivity contribution in [3.05, 3.63) is 60.2 Å². The number of piperazine rings is 1. The van der Waals surface area contributed by atoms with Crippen LogP contribution in [-0.2, 0) is 6.54 Å². The van der Waals surface area contributed by atoms with E-state index in [1.165, 1.54) is 12.1 Å². The molecule has 2 aromatic rings. The van der Waals surface area contributed by atoms with Crippen LogP contribution >= 0.6 is 0 Å². The number of rotatable bonds is 3. The van der Waals surface area contributed by atoms with Gasteiger partial charge in [-0.25, -0.2) is 9.18 Å². The van der Waals surface area contributed by atoms with Gasteiger partial charge in [-0.2, -0.15) is 0 Å². The fourth-order valence-electron chi connectivity index (χ4n) is 2.63. The van der Waals surface area contributed by atoms with Crippen molar-refractivity contribution in [2.75, 3.05) is 31.1 Å². The quantitative estimate of drug-likeness (QED) is 0.945. The van der Waals surface area contributed by atoms with E-state index in [0.717, 1.165) is 11.3 Å². The van der Waals surface area contributed by atoms with Gasteiger partial charge in [0.05, 0.1) is 0 Å². The second-order valence-electron chi connectivity index (χ2n) is 5.47. The number of hydrogen-bond acceptors (Lipinski definition) is 3. The maximum absolute atomic E-state index is 13.3. The summed E-state index contributed by atoms with van der Waals surface area (Å²) in [6, 6.07) is 10.3. The molecule has 1 saturated heterocycles. The second-order valence-corrected chi connectivity index (χ2v) is 5.47. The lowest BCUT2D eigenvalue weighted by atomic mass is 10.2. The van der Waals surface area contributed by atoms with Crippen LogP contribution in [0.4, 0.5) is 14.9 Å². The predicted molar refractivity (Wildman–Crippen MR) is 86.7 cm³/mol. The van der Waals surface area contributed by atoms with Crippen LogP contribution in [0.1, 0.15) is 5.56 Å². The Morgan fingerprint density at radius 2 is 2.00 bits per heavy atom. The van der Waals surface area contributed by atoms with Gasteiger partial charge >= 0.3 is 6.03 Å². The van der Waals surface area contributed by atoms with Crippen LogP contribution in [0, 0.1) is 5.82 Å². The Morgan fingerprint density at radius 3 is 2.70 bits per heavy atom. The summed E-state index contributed by atoms with van der Waals surface area (Å²) < 4.78 is 13.3. The van der Waals surface area contributed by atoms with Gasteiger partial charge in [0.25, 0.3) is 0 Å². The average molecular weight is 314 g/mol. The Morgan fingerprint density at radius 1 is 1.17 bits per heavy atom. The Hall–Kier alpha value is -2.63. The summed E-state index contributed by atoms with van der Waals surface area (Å²) in [6.07, 6.45) is 3.44. The highest BCUT2D eigenvalue weighted by molar-refractivity contribution is 5.74. The molecular weight excluding hydrogens is 295 g/mol.